The molecule has 1 heterocycles. The summed E-state index contributed by atoms with van der Waals surface area (Å²) in [6.45, 7) is 0. The molecule has 0 bridgehead atoms. The van der Waals surface area contributed by atoms with Crippen molar-refractivity contribution in [2.24, 2.45) is 0 Å². The van der Waals surface area contributed by atoms with Gasteiger partial charge in [-0.25, -0.2) is 4.98 Å². The van der Waals surface area contributed by atoms with Gasteiger partial charge in [-0.15, -0.1) is 5.10 Å². The predicted molar refractivity (Wildman–Crippen MR) is 50.2 cm³/mol. The first kappa shape index (κ1) is 8.26. The van der Waals surface area contributed by atoms with Crippen LogP contribution < -0.4 is 5.43 Å². The maximum Gasteiger partial charge on any atom is 0.139 e. The molecule has 0 fully saturated rings. The standard InChI is InChI=1S/C9H7N5/c10-5-8-1-3-9(4-2-8)13-14-7-11-6-12-14/h1-4,6-7,13H. The van der Waals surface area contributed by atoms with Crippen molar-refractivity contribution < 1.29 is 0 Å². The van der Waals surface area contributed by atoms with Gasteiger partial charge in [0.05, 0.1) is 17.3 Å². The lowest BCUT2D eigenvalue weighted by Gasteiger charge is -2.03. The van der Waals surface area contributed by atoms with E-state index >= 15 is 0 Å². The first-order valence-electron chi connectivity index (χ1n) is 4.00. The number of rotatable bonds is 2. The Kier molecular flexibility index (Phi) is 2.11. The lowest BCUT2D eigenvalue weighted by atomic mass is 10.2. The Morgan fingerprint density at radius 3 is 2.64 bits per heavy atom. The fraction of sp³-hybridized carbons (Fsp3) is 0. The lowest BCUT2D eigenvalue weighted by molar-refractivity contribution is 0.802. The smallest absolute Gasteiger partial charge is 0.139 e. The van der Waals surface area contributed by atoms with Crippen molar-refractivity contribution >= 4 is 5.69 Å². The highest BCUT2D eigenvalue weighted by atomic mass is 15.6. The van der Waals surface area contributed by atoms with Gasteiger partial charge in [0.25, 0.3) is 0 Å². The van der Waals surface area contributed by atoms with Gasteiger partial charge in [-0.05, 0) is 24.3 Å². The first-order chi connectivity index (χ1) is 6.88. The van der Waals surface area contributed by atoms with Crippen molar-refractivity contribution in [1.82, 2.24) is 14.9 Å². The zero-order valence-corrected chi connectivity index (χ0v) is 7.25. The van der Waals surface area contributed by atoms with Gasteiger partial charge in [-0.2, -0.15) is 10.1 Å². The van der Waals surface area contributed by atoms with Crippen molar-refractivity contribution in [3.05, 3.63) is 42.5 Å². The van der Waals surface area contributed by atoms with Crippen LogP contribution in [0.3, 0.4) is 0 Å². The summed E-state index contributed by atoms with van der Waals surface area (Å²) in [7, 11) is 0. The van der Waals surface area contributed by atoms with Gasteiger partial charge >= 0.3 is 0 Å². The molecule has 0 aliphatic rings. The fourth-order valence-corrected chi connectivity index (χ4v) is 1.02. The molecule has 0 unspecified atom stereocenters. The Morgan fingerprint density at radius 2 is 2.07 bits per heavy atom. The molecule has 0 atom stereocenters. The Balaban J connectivity index is 2.15. The highest BCUT2D eigenvalue weighted by Crippen LogP contribution is 2.08. The second kappa shape index (κ2) is 3.58. The van der Waals surface area contributed by atoms with Gasteiger partial charge in [0, 0.05) is 0 Å². The van der Waals surface area contributed by atoms with Gasteiger partial charge in [0.15, 0.2) is 0 Å². The second-order valence-corrected chi connectivity index (χ2v) is 2.64. The van der Waals surface area contributed by atoms with Gasteiger partial charge in [-0.3, -0.25) is 5.43 Å². The molecule has 0 spiro atoms. The maximum atomic E-state index is 8.59. The average Bonchev–Trinajstić information content (AvgIpc) is 2.72. The zero-order valence-electron chi connectivity index (χ0n) is 7.25. The molecule has 1 aromatic carbocycles. The van der Waals surface area contributed by atoms with Gasteiger partial charge in [0.2, 0.25) is 0 Å². The van der Waals surface area contributed by atoms with Crippen molar-refractivity contribution in [3.63, 3.8) is 0 Å². The number of nitrogens with zero attached hydrogens (tertiary/aromatic N) is 4. The molecular weight excluding hydrogens is 178 g/mol. The number of nitrogens with one attached hydrogen (secondary N) is 1. The molecule has 0 amide bonds. The van der Waals surface area contributed by atoms with E-state index in [9.17, 15) is 0 Å². The molecular formula is C9H7N5. The second-order valence-electron chi connectivity index (χ2n) is 2.64. The van der Waals surface area contributed by atoms with Crippen LogP contribution in [0.15, 0.2) is 36.9 Å². The van der Waals surface area contributed by atoms with E-state index in [1.165, 1.54) is 11.1 Å². The van der Waals surface area contributed by atoms with E-state index in [1.54, 1.807) is 30.6 Å². The summed E-state index contributed by atoms with van der Waals surface area (Å²) in [4.78, 5) is 5.28. The Bertz CT molecular complexity index is 437. The van der Waals surface area contributed by atoms with Crippen LogP contribution >= 0.6 is 0 Å². The predicted octanol–water partition coefficient (Wildman–Crippen LogP) is 1.02. The van der Waals surface area contributed by atoms with Crippen LogP contribution in [0, 0.1) is 11.3 Å². The molecule has 1 aromatic heterocycles. The monoisotopic (exact) mass is 185 g/mol. The van der Waals surface area contributed by atoms with Crippen LogP contribution in [0.25, 0.3) is 0 Å². The minimum Gasteiger partial charge on any atom is -0.277 e. The fourth-order valence-electron chi connectivity index (χ4n) is 1.02. The zero-order chi connectivity index (χ0) is 9.80. The third-order valence-corrected chi connectivity index (χ3v) is 1.68. The van der Waals surface area contributed by atoms with Crippen LogP contribution in [0.1, 0.15) is 5.56 Å². The number of hydrogen-bond donors (Lipinski definition) is 1. The number of hydrogen-bond acceptors (Lipinski definition) is 4. The summed E-state index contributed by atoms with van der Waals surface area (Å²) in [5, 5.41) is 12.5. The lowest BCUT2D eigenvalue weighted by Crippen LogP contribution is -2.08. The van der Waals surface area contributed by atoms with Crippen LogP contribution in [-0.4, -0.2) is 14.9 Å². The van der Waals surface area contributed by atoms with E-state index in [2.05, 4.69) is 21.6 Å². The molecule has 2 aromatic rings. The Morgan fingerprint density at radius 1 is 1.29 bits per heavy atom. The summed E-state index contributed by atoms with van der Waals surface area (Å²) in [5.74, 6) is 0. The Hall–Kier alpha value is -2.35. The molecule has 68 valence electrons. The van der Waals surface area contributed by atoms with Crippen LogP contribution in [0.4, 0.5) is 5.69 Å². The minimum atomic E-state index is 0.633. The van der Waals surface area contributed by atoms with E-state index < -0.39 is 0 Å². The molecule has 0 radical (unpaired) electrons. The quantitative estimate of drug-likeness (QED) is 0.758. The van der Waals surface area contributed by atoms with Crippen molar-refractivity contribution in [2.45, 2.75) is 0 Å². The van der Waals surface area contributed by atoms with Crippen molar-refractivity contribution in [2.75, 3.05) is 5.43 Å². The number of nitriles is 1. The summed E-state index contributed by atoms with van der Waals surface area (Å²) in [6.07, 6.45) is 2.99. The van der Waals surface area contributed by atoms with Gasteiger partial charge in [-0.1, -0.05) is 0 Å². The van der Waals surface area contributed by atoms with E-state index in [0.29, 0.717) is 5.56 Å². The van der Waals surface area contributed by atoms with E-state index in [-0.39, 0.29) is 0 Å². The SMILES string of the molecule is N#Cc1ccc(Nn2cncn2)cc1. The molecule has 0 saturated heterocycles. The van der Waals surface area contributed by atoms with E-state index in [1.807, 2.05) is 0 Å². The summed E-state index contributed by atoms with van der Waals surface area (Å²) < 4.78 is 0. The molecule has 0 aliphatic heterocycles. The summed E-state index contributed by atoms with van der Waals surface area (Å²) in [6, 6.07) is 9.13. The van der Waals surface area contributed by atoms with E-state index in [0.717, 1.165) is 5.69 Å². The van der Waals surface area contributed by atoms with Crippen LogP contribution in [0.2, 0.25) is 0 Å². The maximum absolute atomic E-state index is 8.59. The minimum absolute atomic E-state index is 0.633. The molecule has 2 rings (SSSR count). The van der Waals surface area contributed by atoms with Crippen molar-refractivity contribution in [1.29, 1.82) is 5.26 Å². The first-order valence-corrected chi connectivity index (χ1v) is 4.00. The third kappa shape index (κ3) is 1.69. The average molecular weight is 185 g/mol. The Labute approximate surface area is 80.6 Å². The highest BCUT2D eigenvalue weighted by molar-refractivity contribution is 5.46. The van der Waals surface area contributed by atoms with Crippen LogP contribution in [-0.2, 0) is 0 Å². The number of anilines is 1. The molecule has 0 aliphatic carbocycles. The largest absolute Gasteiger partial charge is 0.277 e. The number of aromatic nitrogens is 3. The molecule has 5 nitrogen and oxygen atoms in total. The van der Waals surface area contributed by atoms with Gasteiger partial charge < -0.3 is 0 Å². The van der Waals surface area contributed by atoms with Crippen LogP contribution in [0.5, 0.6) is 0 Å². The van der Waals surface area contributed by atoms with Gasteiger partial charge in [0.1, 0.15) is 12.7 Å². The topological polar surface area (TPSA) is 66.5 Å². The molecule has 0 saturated carbocycles. The third-order valence-electron chi connectivity index (χ3n) is 1.68. The van der Waals surface area contributed by atoms with E-state index in [4.69, 9.17) is 5.26 Å². The molecule has 1 N–H and O–H groups in total. The summed E-state index contributed by atoms with van der Waals surface area (Å²) in [5.41, 5.74) is 4.46. The summed E-state index contributed by atoms with van der Waals surface area (Å²) >= 11 is 0. The molecule has 5 heteroatoms. The molecule has 14 heavy (non-hydrogen) atoms. The van der Waals surface area contributed by atoms with Crippen molar-refractivity contribution in [3.8, 4) is 6.07 Å². The normalized spacial score (nSPS) is 9.36. The highest BCUT2D eigenvalue weighted by Gasteiger charge is 1.93. The number of benzene rings is 1.